The summed E-state index contributed by atoms with van der Waals surface area (Å²) in [6.07, 6.45) is 4.66. The number of benzene rings is 1. The van der Waals surface area contributed by atoms with E-state index in [1.807, 2.05) is 65.2 Å². The maximum atomic E-state index is 12.9. The standard InChI is InChI=1S/C23H29N3O5/c1-25-13-7-11-20(25)22(28)26-14-6-5-10-19(26)12-15-30-21(27)16-24-23(29)31-17-18-8-3-2-4-9-18/h2-4,7-9,11,13,19H,5-6,10,12,14-17H2,1H3,(H,24,29). The Morgan fingerprint density at radius 3 is 2.61 bits per heavy atom. The summed E-state index contributed by atoms with van der Waals surface area (Å²) in [4.78, 5) is 38.4. The number of carbonyl (C=O) groups is 3. The van der Waals surface area contributed by atoms with Crippen molar-refractivity contribution in [3.8, 4) is 0 Å². The van der Waals surface area contributed by atoms with Gasteiger partial charge in [-0.15, -0.1) is 0 Å². The highest BCUT2D eigenvalue weighted by atomic mass is 16.6. The van der Waals surface area contributed by atoms with Gasteiger partial charge in [-0.3, -0.25) is 9.59 Å². The zero-order chi connectivity index (χ0) is 22.1. The molecule has 2 aromatic rings. The minimum absolute atomic E-state index is 0.00588. The maximum Gasteiger partial charge on any atom is 0.407 e. The number of amides is 2. The van der Waals surface area contributed by atoms with Crippen LogP contribution in [-0.2, 0) is 27.9 Å². The molecule has 0 spiro atoms. The smallest absolute Gasteiger partial charge is 0.407 e. The second kappa shape index (κ2) is 11.2. The van der Waals surface area contributed by atoms with Crippen LogP contribution in [0.5, 0.6) is 0 Å². The molecule has 166 valence electrons. The Bertz CT molecular complexity index is 880. The second-order valence-electron chi connectivity index (χ2n) is 7.58. The van der Waals surface area contributed by atoms with Crippen LogP contribution in [0.15, 0.2) is 48.7 Å². The normalized spacial score (nSPS) is 15.9. The first-order valence-corrected chi connectivity index (χ1v) is 10.6. The average Bonchev–Trinajstić information content (AvgIpc) is 3.22. The second-order valence-corrected chi connectivity index (χ2v) is 7.58. The van der Waals surface area contributed by atoms with Gasteiger partial charge in [0.2, 0.25) is 0 Å². The van der Waals surface area contributed by atoms with E-state index in [4.69, 9.17) is 9.47 Å². The van der Waals surface area contributed by atoms with Crippen LogP contribution < -0.4 is 5.32 Å². The van der Waals surface area contributed by atoms with E-state index in [0.717, 1.165) is 24.8 Å². The van der Waals surface area contributed by atoms with Crippen LogP contribution in [0.2, 0.25) is 0 Å². The van der Waals surface area contributed by atoms with Gasteiger partial charge in [-0.1, -0.05) is 30.3 Å². The number of piperidine rings is 1. The highest BCUT2D eigenvalue weighted by molar-refractivity contribution is 5.93. The van der Waals surface area contributed by atoms with Gasteiger partial charge >= 0.3 is 12.1 Å². The molecule has 0 radical (unpaired) electrons. The molecule has 1 fully saturated rings. The Balaban J connectivity index is 1.37. The lowest BCUT2D eigenvalue weighted by Gasteiger charge is -2.35. The minimum Gasteiger partial charge on any atom is -0.464 e. The summed E-state index contributed by atoms with van der Waals surface area (Å²) in [5, 5.41) is 2.39. The number of likely N-dealkylation sites (tertiary alicyclic amines) is 1. The average molecular weight is 428 g/mol. The molecule has 0 bridgehead atoms. The lowest BCUT2D eigenvalue weighted by Crippen LogP contribution is -2.45. The highest BCUT2D eigenvalue weighted by Gasteiger charge is 2.28. The Morgan fingerprint density at radius 1 is 1.06 bits per heavy atom. The Kier molecular flexibility index (Phi) is 8.09. The van der Waals surface area contributed by atoms with E-state index in [-0.39, 0.29) is 31.7 Å². The summed E-state index contributed by atoms with van der Waals surface area (Å²) >= 11 is 0. The highest BCUT2D eigenvalue weighted by Crippen LogP contribution is 2.22. The Labute approximate surface area is 182 Å². The van der Waals surface area contributed by atoms with Crippen LogP contribution in [0.1, 0.15) is 41.7 Å². The number of ether oxygens (including phenoxy) is 2. The lowest BCUT2D eigenvalue weighted by atomic mass is 9.99. The van der Waals surface area contributed by atoms with Crippen molar-refractivity contribution in [3.05, 3.63) is 59.9 Å². The molecule has 1 aliphatic heterocycles. The molecular weight excluding hydrogens is 398 g/mol. The molecule has 1 saturated heterocycles. The van der Waals surface area contributed by atoms with Crippen molar-refractivity contribution in [2.24, 2.45) is 7.05 Å². The molecule has 0 aliphatic carbocycles. The number of nitrogens with one attached hydrogen (secondary N) is 1. The van der Waals surface area contributed by atoms with Gasteiger partial charge in [-0.2, -0.15) is 0 Å². The largest absolute Gasteiger partial charge is 0.464 e. The van der Waals surface area contributed by atoms with Crippen molar-refractivity contribution in [1.29, 1.82) is 0 Å². The van der Waals surface area contributed by atoms with Gasteiger partial charge in [0.15, 0.2) is 0 Å². The van der Waals surface area contributed by atoms with Crippen molar-refractivity contribution >= 4 is 18.0 Å². The molecule has 2 heterocycles. The monoisotopic (exact) mass is 427 g/mol. The maximum absolute atomic E-state index is 12.9. The molecule has 8 nitrogen and oxygen atoms in total. The summed E-state index contributed by atoms with van der Waals surface area (Å²) in [6, 6.07) is 13.0. The van der Waals surface area contributed by atoms with Crippen molar-refractivity contribution in [2.45, 2.75) is 38.3 Å². The molecule has 31 heavy (non-hydrogen) atoms. The van der Waals surface area contributed by atoms with E-state index >= 15 is 0 Å². The van der Waals surface area contributed by atoms with E-state index in [0.29, 0.717) is 18.7 Å². The zero-order valence-electron chi connectivity index (χ0n) is 17.8. The van der Waals surface area contributed by atoms with Crippen LogP contribution in [0, 0.1) is 0 Å². The first-order chi connectivity index (χ1) is 15.0. The number of nitrogens with zero attached hydrogens (tertiary/aromatic N) is 2. The van der Waals surface area contributed by atoms with Gasteiger partial charge in [0.1, 0.15) is 18.8 Å². The summed E-state index contributed by atoms with van der Waals surface area (Å²) in [7, 11) is 1.85. The number of hydrogen-bond acceptors (Lipinski definition) is 5. The van der Waals surface area contributed by atoms with Crippen molar-refractivity contribution in [1.82, 2.24) is 14.8 Å². The molecule has 1 unspecified atom stereocenters. The van der Waals surface area contributed by atoms with Crippen LogP contribution in [0.3, 0.4) is 0 Å². The molecule has 1 aliphatic rings. The number of aryl methyl sites for hydroxylation is 1. The fourth-order valence-electron chi connectivity index (χ4n) is 3.68. The molecule has 8 heteroatoms. The number of carbonyl (C=O) groups excluding carboxylic acids is 3. The van der Waals surface area contributed by atoms with Gasteiger partial charge in [0, 0.05) is 32.3 Å². The summed E-state index contributed by atoms with van der Waals surface area (Å²) < 4.78 is 12.1. The third kappa shape index (κ3) is 6.60. The number of hydrogen-bond donors (Lipinski definition) is 1. The summed E-state index contributed by atoms with van der Waals surface area (Å²) in [5.41, 5.74) is 1.52. The number of rotatable bonds is 8. The summed E-state index contributed by atoms with van der Waals surface area (Å²) in [6.45, 7) is 0.775. The van der Waals surface area contributed by atoms with Crippen LogP contribution >= 0.6 is 0 Å². The molecule has 1 aromatic heterocycles. The van der Waals surface area contributed by atoms with Gasteiger partial charge in [-0.25, -0.2) is 4.79 Å². The number of aromatic nitrogens is 1. The Morgan fingerprint density at radius 2 is 1.87 bits per heavy atom. The minimum atomic E-state index is -0.674. The Hall–Kier alpha value is -3.29. The van der Waals surface area contributed by atoms with Gasteiger partial charge < -0.3 is 24.3 Å². The van der Waals surface area contributed by atoms with Gasteiger partial charge in [0.25, 0.3) is 5.91 Å². The fraction of sp³-hybridized carbons (Fsp3) is 0.435. The molecule has 1 atom stereocenters. The van der Waals surface area contributed by atoms with E-state index in [1.165, 1.54) is 0 Å². The predicted molar refractivity (Wildman–Crippen MR) is 114 cm³/mol. The van der Waals surface area contributed by atoms with Crippen molar-refractivity contribution < 1.29 is 23.9 Å². The van der Waals surface area contributed by atoms with E-state index in [2.05, 4.69) is 5.32 Å². The molecular formula is C23H29N3O5. The summed E-state index contributed by atoms with van der Waals surface area (Å²) in [5.74, 6) is -0.529. The molecule has 3 rings (SSSR count). The van der Waals surface area contributed by atoms with E-state index in [1.54, 1.807) is 0 Å². The lowest BCUT2D eigenvalue weighted by molar-refractivity contribution is -0.142. The third-order valence-corrected chi connectivity index (χ3v) is 5.35. The first kappa shape index (κ1) is 22.4. The fourth-order valence-corrected chi connectivity index (χ4v) is 3.68. The molecule has 2 amide bonds. The number of esters is 1. The SMILES string of the molecule is Cn1cccc1C(=O)N1CCCCC1CCOC(=O)CNC(=O)OCc1ccccc1. The topological polar surface area (TPSA) is 89.9 Å². The number of alkyl carbamates (subject to hydrolysis) is 1. The van der Waals surface area contributed by atoms with Crippen molar-refractivity contribution in [2.75, 3.05) is 19.7 Å². The zero-order valence-corrected chi connectivity index (χ0v) is 17.8. The van der Waals surface area contributed by atoms with Crippen LogP contribution in [-0.4, -0.2) is 53.2 Å². The van der Waals surface area contributed by atoms with Crippen LogP contribution in [0.25, 0.3) is 0 Å². The molecule has 1 aromatic carbocycles. The van der Waals surface area contributed by atoms with E-state index in [9.17, 15) is 14.4 Å². The third-order valence-electron chi connectivity index (χ3n) is 5.35. The van der Waals surface area contributed by atoms with E-state index < -0.39 is 12.1 Å². The first-order valence-electron chi connectivity index (χ1n) is 10.6. The molecule has 0 saturated carbocycles. The van der Waals surface area contributed by atoms with Crippen molar-refractivity contribution in [3.63, 3.8) is 0 Å². The van der Waals surface area contributed by atoms with Crippen LogP contribution in [0.4, 0.5) is 4.79 Å². The quantitative estimate of drug-likeness (QED) is 0.655. The van der Waals surface area contributed by atoms with Gasteiger partial charge in [0.05, 0.1) is 6.61 Å². The molecule has 1 N–H and O–H groups in total. The van der Waals surface area contributed by atoms with Gasteiger partial charge in [-0.05, 0) is 37.0 Å². The predicted octanol–water partition coefficient (Wildman–Crippen LogP) is 2.88.